The van der Waals surface area contributed by atoms with E-state index < -0.39 is 0 Å². The number of aryl methyl sites for hydroxylation is 3. The summed E-state index contributed by atoms with van der Waals surface area (Å²) in [6.45, 7) is 8.43. The summed E-state index contributed by atoms with van der Waals surface area (Å²) in [6, 6.07) is 8.15. The highest BCUT2D eigenvalue weighted by atomic mass is 32.2. The number of nitrogens with zero attached hydrogens (tertiary/aromatic N) is 2. The van der Waals surface area contributed by atoms with Crippen molar-refractivity contribution < 1.29 is 4.79 Å². The van der Waals surface area contributed by atoms with Crippen molar-refractivity contribution in [1.82, 2.24) is 9.78 Å². The van der Waals surface area contributed by atoms with Crippen LogP contribution in [-0.2, 0) is 7.05 Å². The van der Waals surface area contributed by atoms with Gasteiger partial charge in [0.2, 0.25) is 0 Å². The van der Waals surface area contributed by atoms with Crippen LogP contribution in [0.5, 0.6) is 0 Å². The third-order valence-corrected chi connectivity index (χ3v) is 6.74. The van der Waals surface area contributed by atoms with E-state index in [1.807, 2.05) is 49.5 Å². The molecule has 1 unspecified atom stereocenters. The molecule has 1 aromatic carbocycles. The molecule has 25 heavy (non-hydrogen) atoms. The third-order valence-electron chi connectivity index (χ3n) is 4.28. The van der Waals surface area contributed by atoms with Gasteiger partial charge in [-0.1, -0.05) is 13.8 Å². The highest BCUT2D eigenvalue weighted by Crippen LogP contribution is 2.30. The second-order valence-corrected chi connectivity index (χ2v) is 8.85. The number of carbonyl (C=O) groups is 1. The molecule has 2 heterocycles. The summed E-state index contributed by atoms with van der Waals surface area (Å²) in [4.78, 5) is 15.6. The van der Waals surface area contributed by atoms with Gasteiger partial charge < -0.3 is 5.32 Å². The Kier molecular flexibility index (Phi) is 5.20. The normalized spacial score (nSPS) is 12.5. The number of carbonyl (C=O) groups excluding carboxylic acids is 1. The number of thioether (sulfide) groups is 1. The molecule has 0 fully saturated rings. The average molecular weight is 374 g/mol. The standard InChI is InChI=1S/C19H23N3OS2/c1-6-12(3)24-14-7-8-16(11(2)9-14)20-18(23)17-10-15-13(4)21-22(5)19(15)25-17/h7-10,12H,6H2,1-5H3,(H,20,23). The van der Waals surface area contributed by atoms with E-state index in [0.29, 0.717) is 10.1 Å². The molecule has 0 aliphatic carbocycles. The Balaban J connectivity index is 1.78. The lowest BCUT2D eigenvalue weighted by atomic mass is 10.2. The highest BCUT2D eigenvalue weighted by molar-refractivity contribution is 7.99. The number of amides is 1. The Bertz CT molecular complexity index is 892. The fraction of sp³-hybridized carbons (Fsp3) is 0.368. The van der Waals surface area contributed by atoms with E-state index in [0.717, 1.165) is 33.6 Å². The van der Waals surface area contributed by atoms with Crippen molar-refractivity contribution in [3.63, 3.8) is 0 Å². The molecule has 4 nitrogen and oxygen atoms in total. The van der Waals surface area contributed by atoms with Gasteiger partial charge in [0, 0.05) is 28.3 Å². The molecule has 132 valence electrons. The molecule has 1 amide bonds. The third kappa shape index (κ3) is 3.75. The summed E-state index contributed by atoms with van der Waals surface area (Å²) >= 11 is 3.35. The van der Waals surface area contributed by atoms with Crippen LogP contribution < -0.4 is 5.32 Å². The number of thiophene rings is 1. The maximum atomic E-state index is 12.6. The second kappa shape index (κ2) is 7.22. The van der Waals surface area contributed by atoms with E-state index >= 15 is 0 Å². The van der Waals surface area contributed by atoms with Crippen LogP contribution in [0.25, 0.3) is 10.2 Å². The first-order valence-electron chi connectivity index (χ1n) is 8.40. The molecular formula is C19H23N3OS2. The topological polar surface area (TPSA) is 46.9 Å². The zero-order chi connectivity index (χ0) is 18.1. The van der Waals surface area contributed by atoms with Crippen molar-refractivity contribution >= 4 is 44.9 Å². The lowest BCUT2D eigenvalue weighted by Crippen LogP contribution is -2.11. The van der Waals surface area contributed by atoms with Crippen LogP contribution in [0.4, 0.5) is 5.69 Å². The molecule has 0 aliphatic rings. The second-order valence-electron chi connectivity index (χ2n) is 6.31. The molecule has 0 radical (unpaired) electrons. The van der Waals surface area contributed by atoms with E-state index in [9.17, 15) is 4.79 Å². The summed E-state index contributed by atoms with van der Waals surface area (Å²) in [5.41, 5.74) is 2.90. The van der Waals surface area contributed by atoms with E-state index in [4.69, 9.17) is 0 Å². The maximum Gasteiger partial charge on any atom is 0.265 e. The van der Waals surface area contributed by atoms with Crippen LogP contribution in [0.2, 0.25) is 0 Å². The molecule has 0 bridgehead atoms. The number of hydrogen-bond donors (Lipinski definition) is 1. The van der Waals surface area contributed by atoms with Crippen LogP contribution in [0, 0.1) is 13.8 Å². The van der Waals surface area contributed by atoms with Crippen LogP contribution in [0.15, 0.2) is 29.2 Å². The smallest absolute Gasteiger partial charge is 0.265 e. The van der Waals surface area contributed by atoms with Crippen molar-refractivity contribution in [2.24, 2.45) is 7.05 Å². The monoisotopic (exact) mass is 373 g/mol. The predicted octanol–water partition coefficient (Wildman–Crippen LogP) is 5.39. The molecule has 1 N–H and O–H groups in total. The summed E-state index contributed by atoms with van der Waals surface area (Å²) < 4.78 is 1.83. The molecule has 3 rings (SSSR count). The zero-order valence-electron chi connectivity index (χ0n) is 15.2. The number of hydrogen-bond acceptors (Lipinski definition) is 4. The van der Waals surface area contributed by atoms with Gasteiger partial charge in [-0.2, -0.15) is 5.10 Å². The van der Waals surface area contributed by atoms with Crippen LogP contribution in [-0.4, -0.2) is 20.9 Å². The summed E-state index contributed by atoms with van der Waals surface area (Å²) in [6.07, 6.45) is 1.14. The van der Waals surface area contributed by atoms with Gasteiger partial charge in [0.1, 0.15) is 4.83 Å². The van der Waals surface area contributed by atoms with Gasteiger partial charge in [0.05, 0.1) is 10.6 Å². The van der Waals surface area contributed by atoms with Gasteiger partial charge in [-0.15, -0.1) is 23.1 Å². The number of fused-ring (bicyclic) bond motifs is 1. The van der Waals surface area contributed by atoms with Gasteiger partial charge in [-0.05, 0) is 50.1 Å². The molecule has 0 aliphatic heterocycles. The number of anilines is 1. The van der Waals surface area contributed by atoms with Crippen LogP contribution in [0.3, 0.4) is 0 Å². The zero-order valence-corrected chi connectivity index (χ0v) is 16.8. The summed E-state index contributed by atoms with van der Waals surface area (Å²) in [7, 11) is 1.91. The molecule has 0 saturated heterocycles. The molecule has 2 aromatic heterocycles. The van der Waals surface area contributed by atoms with Crippen molar-refractivity contribution in [2.75, 3.05) is 5.32 Å². The molecular weight excluding hydrogens is 350 g/mol. The Hall–Kier alpha value is -1.79. The minimum absolute atomic E-state index is 0.0639. The van der Waals surface area contributed by atoms with Crippen molar-refractivity contribution in [2.45, 2.75) is 44.3 Å². The van der Waals surface area contributed by atoms with Gasteiger partial charge in [0.15, 0.2) is 0 Å². The van der Waals surface area contributed by atoms with Crippen LogP contribution in [0.1, 0.15) is 41.2 Å². The van der Waals surface area contributed by atoms with Gasteiger partial charge in [0.25, 0.3) is 5.91 Å². The quantitative estimate of drug-likeness (QED) is 0.610. The SMILES string of the molecule is CCC(C)Sc1ccc(NC(=O)c2cc3c(C)nn(C)c3s2)c(C)c1. The van der Waals surface area contributed by atoms with Crippen molar-refractivity contribution in [1.29, 1.82) is 0 Å². The Morgan fingerprint density at radius 3 is 2.76 bits per heavy atom. The lowest BCUT2D eigenvalue weighted by Gasteiger charge is -2.12. The molecule has 0 spiro atoms. The first-order valence-corrected chi connectivity index (χ1v) is 10.1. The van der Waals surface area contributed by atoms with Gasteiger partial charge >= 0.3 is 0 Å². The fourth-order valence-electron chi connectivity index (χ4n) is 2.67. The van der Waals surface area contributed by atoms with E-state index in [-0.39, 0.29) is 5.91 Å². The van der Waals surface area contributed by atoms with Gasteiger partial charge in [-0.25, -0.2) is 0 Å². The molecule has 6 heteroatoms. The Morgan fingerprint density at radius 2 is 2.12 bits per heavy atom. The van der Waals surface area contributed by atoms with Gasteiger partial charge in [-0.3, -0.25) is 9.48 Å². The minimum atomic E-state index is -0.0639. The number of rotatable bonds is 5. The number of nitrogens with one attached hydrogen (secondary N) is 1. The molecule has 0 saturated carbocycles. The van der Waals surface area contributed by atoms with E-state index in [1.54, 1.807) is 0 Å². The van der Waals surface area contributed by atoms with Crippen LogP contribution >= 0.6 is 23.1 Å². The molecule has 1 atom stereocenters. The van der Waals surface area contributed by atoms with E-state index in [1.165, 1.54) is 16.2 Å². The Labute approximate surface area is 156 Å². The maximum absolute atomic E-state index is 12.6. The van der Waals surface area contributed by atoms with Crippen molar-refractivity contribution in [3.8, 4) is 0 Å². The first kappa shape index (κ1) is 18.0. The van der Waals surface area contributed by atoms with E-state index in [2.05, 4.69) is 36.4 Å². The highest BCUT2D eigenvalue weighted by Gasteiger charge is 2.16. The average Bonchev–Trinajstić information content (AvgIpc) is 3.12. The summed E-state index contributed by atoms with van der Waals surface area (Å²) in [5, 5.41) is 9.07. The molecule has 3 aromatic rings. The number of benzene rings is 1. The summed E-state index contributed by atoms with van der Waals surface area (Å²) in [5.74, 6) is -0.0639. The predicted molar refractivity (Wildman–Crippen MR) is 108 cm³/mol. The lowest BCUT2D eigenvalue weighted by molar-refractivity contribution is 0.103. The fourth-order valence-corrected chi connectivity index (χ4v) is 4.71. The number of aromatic nitrogens is 2. The minimum Gasteiger partial charge on any atom is -0.321 e. The largest absolute Gasteiger partial charge is 0.321 e. The Morgan fingerprint density at radius 1 is 1.36 bits per heavy atom. The van der Waals surface area contributed by atoms with Crippen molar-refractivity contribution in [3.05, 3.63) is 40.4 Å². The first-order chi connectivity index (χ1) is 11.9.